The molecule has 92 valence electrons. The highest BCUT2D eigenvalue weighted by Gasteiger charge is 1.98. The fourth-order valence-corrected chi connectivity index (χ4v) is 2.21. The lowest BCUT2D eigenvalue weighted by atomic mass is 10.1. The van der Waals surface area contributed by atoms with Gasteiger partial charge in [0.1, 0.15) is 0 Å². The van der Waals surface area contributed by atoms with Crippen LogP contribution in [0.1, 0.15) is 17.5 Å². The molecule has 0 fully saturated rings. The van der Waals surface area contributed by atoms with Crippen molar-refractivity contribution in [1.82, 2.24) is 0 Å². The molecule has 1 aromatic carbocycles. The van der Waals surface area contributed by atoms with Crippen molar-refractivity contribution < 1.29 is 9.84 Å². The van der Waals surface area contributed by atoms with Gasteiger partial charge in [-0.3, -0.25) is 0 Å². The second-order valence-corrected chi connectivity index (χ2v) is 4.58. The summed E-state index contributed by atoms with van der Waals surface area (Å²) in [5.74, 6) is 8.01. The second kappa shape index (κ2) is 9.12. The minimum Gasteiger partial charge on any atom is -0.395 e. The van der Waals surface area contributed by atoms with Crippen LogP contribution in [0.15, 0.2) is 24.3 Å². The molecule has 0 unspecified atom stereocenters. The SMILES string of the molecule is COCCSCc1ccccc1C#CCCO. The number of hydrogen-bond donors (Lipinski definition) is 1. The average Bonchev–Trinajstić information content (AvgIpc) is 2.36. The van der Waals surface area contributed by atoms with Crippen LogP contribution in [0.5, 0.6) is 0 Å². The predicted octanol–water partition coefficient (Wildman–Crippen LogP) is 2.30. The first kappa shape index (κ1) is 14.1. The Kier molecular flexibility index (Phi) is 7.57. The highest BCUT2D eigenvalue weighted by atomic mass is 32.2. The topological polar surface area (TPSA) is 29.5 Å². The zero-order valence-electron chi connectivity index (χ0n) is 10.1. The van der Waals surface area contributed by atoms with Crippen LogP contribution < -0.4 is 0 Å². The Morgan fingerprint density at radius 1 is 1.35 bits per heavy atom. The number of aliphatic hydroxyl groups excluding tert-OH is 1. The third kappa shape index (κ3) is 5.78. The lowest BCUT2D eigenvalue weighted by molar-refractivity contribution is 0.218. The van der Waals surface area contributed by atoms with E-state index < -0.39 is 0 Å². The largest absolute Gasteiger partial charge is 0.395 e. The molecule has 0 aliphatic heterocycles. The van der Waals surface area contributed by atoms with Crippen molar-refractivity contribution >= 4 is 11.8 Å². The van der Waals surface area contributed by atoms with E-state index in [0.29, 0.717) is 6.42 Å². The molecule has 1 aromatic rings. The Morgan fingerprint density at radius 3 is 2.94 bits per heavy atom. The summed E-state index contributed by atoms with van der Waals surface area (Å²) in [5, 5.41) is 8.69. The van der Waals surface area contributed by atoms with Crippen LogP contribution in [0, 0.1) is 11.8 Å². The van der Waals surface area contributed by atoms with Gasteiger partial charge < -0.3 is 9.84 Å². The number of thioether (sulfide) groups is 1. The van der Waals surface area contributed by atoms with Gasteiger partial charge in [0, 0.05) is 30.6 Å². The normalized spacial score (nSPS) is 9.76. The van der Waals surface area contributed by atoms with Crippen LogP contribution >= 0.6 is 11.8 Å². The van der Waals surface area contributed by atoms with E-state index in [-0.39, 0.29) is 6.61 Å². The van der Waals surface area contributed by atoms with Crippen LogP contribution in [0.3, 0.4) is 0 Å². The fraction of sp³-hybridized carbons (Fsp3) is 0.429. The van der Waals surface area contributed by atoms with Crippen molar-refractivity contribution in [3.63, 3.8) is 0 Å². The van der Waals surface area contributed by atoms with E-state index in [1.165, 1.54) is 5.56 Å². The zero-order chi connectivity index (χ0) is 12.3. The number of ether oxygens (including phenoxy) is 1. The zero-order valence-corrected chi connectivity index (χ0v) is 10.9. The van der Waals surface area contributed by atoms with Crippen LogP contribution in [0.25, 0.3) is 0 Å². The van der Waals surface area contributed by atoms with E-state index in [2.05, 4.69) is 17.9 Å². The summed E-state index contributed by atoms with van der Waals surface area (Å²) in [6.45, 7) is 0.904. The lowest BCUT2D eigenvalue weighted by Crippen LogP contribution is -1.93. The summed E-state index contributed by atoms with van der Waals surface area (Å²) in [7, 11) is 1.72. The number of hydrogen-bond acceptors (Lipinski definition) is 3. The van der Waals surface area contributed by atoms with Crippen LogP contribution in [-0.4, -0.2) is 31.2 Å². The van der Waals surface area contributed by atoms with Gasteiger partial charge in [0.25, 0.3) is 0 Å². The Labute approximate surface area is 107 Å². The van der Waals surface area contributed by atoms with E-state index in [0.717, 1.165) is 23.7 Å². The molecule has 0 saturated heterocycles. The van der Waals surface area contributed by atoms with Crippen molar-refractivity contribution in [3.05, 3.63) is 35.4 Å². The molecule has 0 aliphatic carbocycles. The van der Waals surface area contributed by atoms with Gasteiger partial charge in [-0.1, -0.05) is 30.0 Å². The van der Waals surface area contributed by atoms with Crippen LogP contribution in [0.4, 0.5) is 0 Å². The van der Waals surface area contributed by atoms with Crippen molar-refractivity contribution in [3.8, 4) is 11.8 Å². The first-order chi connectivity index (χ1) is 8.38. The first-order valence-corrected chi connectivity index (χ1v) is 6.78. The van der Waals surface area contributed by atoms with Crippen molar-refractivity contribution in [1.29, 1.82) is 0 Å². The summed E-state index contributed by atoms with van der Waals surface area (Å²) in [6.07, 6.45) is 0.533. The molecule has 0 saturated carbocycles. The molecule has 0 bridgehead atoms. The van der Waals surface area contributed by atoms with Gasteiger partial charge in [-0.2, -0.15) is 11.8 Å². The molecular weight excluding hydrogens is 232 g/mol. The number of benzene rings is 1. The Bertz CT molecular complexity index is 379. The lowest BCUT2D eigenvalue weighted by Gasteiger charge is -2.04. The van der Waals surface area contributed by atoms with E-state index in [4.69, 9.17) is 9.84 Å². The third-order valence-electron chi connectivity index (χ3n) is 2.17. The molecule has 0 aromatic heterocycles. The Balaban J connectivity index is 2.56. The minimum atomic E-state index is 0.123. The van der Waals surface area contributed by atoms with Crippen LogP contribution in [-0.2, 0) is 10.5 Å². The molecule has 0 radical (unpaired) electrons. The average molecular weight is 250 g/mol. The molecule has 1 rings (SSSR count). The van der Waals surface area contributed by atoms with E-state index in [1.807, 2.05) is 30.0 Å². The quantitative estimate of drug-likeness (QED) is 0.620. The molecule has 0 heterocycles. The molecule has 0 spiro atoms. The van der Waals surface area contributed by atoms with Gasteiger partial charge in [0.15, 0.2) is 0 Å². The summed E-state index contributed by atoms with van der Waals surface area (Å²) < 4.78 is 5.01. The third-order valence-corrected chi connectivity index (χ3v) is 3.14. The smallest absolute Gasteiger partial charge is 0.0553 e. The number of rotatable bonds is 6. The number of aliphatic hydroxyl groups is 1. The first-order valence-electron chi connectivity index (χ1n) is 5.62. The molecular formula is C14H18O2S. The standard InChI is InChI=1S/C14H18O2S/c1-16-10-11-17-12-14-8-3-2-6-13(14)7-4-5-9-15/h2-3,6,8,15H,5,9-12H2,1H3. The van der Waals surface area contributed by atoms with Gasteiger partial charge in [0.2, 0.25) is 0 Å². The summed E-state index contributed by atoms with van der Waals surface area (Å²) in [4.78, 5) is 0. The molecule has 3 heteroatoms. The maximum atomic E-state index is 8.69. The molecule has 0 atom stereocenters. The van der Waals surface area contributed by atoms with E-state index in [1.54, 1.807) is 7.11 Å². The molecule has 0 aliphatic rings. The van der Waals surface area contributed by atoms with Crippen molar-refractivity contribution in [2.45, 2.75) is 12.2 Å². The van der Waals surface area contributed by atoms with Gasteiger partial charge in [-0.25, -0.2) is 0 Å². The van der Waals surface area contributed by atoms with Crippen LogP contribution in [0.2, 0.25) is 0 Å². The monoisotopic (exact) mass is 250 g/mol. The molecule has 2 nitrogen and oxygen atoms in total. The van der Waals surface area contributed by atoms with Crippen molar-refractivity contribution in [2.24, 2.45) is 0 Å². The van der Waals surface area contributed by atoms with E-state index in [9.17, 15) is 0 Å². The van der Waals surface area contributed by atoms with Crippen molar-refractivity contribution in [2.75, 3.05) is 26.1 Å². The van der Waals surface area contributed by atoms with Gasteiger partial charge in [0.05, 0.1) is 13.2 Å². The van der Waals surface area contributed by atoms with Gasteiger partial charge in [-0.05, 0) is 11.6 Å². The Morgan fingerprint density at radius 2 is 2.18 bits per heavy atom. The molecule has 1 N–H and O–H groups in total. The Hall–Kier alpha value is -0.950. The number of methoxy groups -OCH3 is 1. The summed E-state index contributed by atoms with van der Waals surface area (Å²) in [6, 6.07) is 8.15. The molecule has 0 amide bonds. The second-order valence-electron chi connectivity index (χ2n) is 3.48. The summed E-state index contributed by atoms with van der Waals surface area (Å²) >= 11 is 1.84. The highest BCUT2D eigenvalue weighted by molar-refractivity contribution is 7.98. The fourth-order valence-electron chi connectivity index (χ4n) is 1.31. The maximum Gasteiger partial charge on any atom is 0.0553 e. The highest BCUT2D eigenvalue weighted by Crippen LogP contribution is 2.15. The predicted molar refractivity (Wildman–Crippen MR) is 73.1 cm³/mol. The summed E-state index contributed by atoms with van der Waals surface area (Å²) in [5.41, 5.74) is 2.31. The molecule has 17 heavy (non-hydrogen) atoms. The van der Waals surface area contributed by atoms with E-state index >= 15 is 0 Å². The van der Waals surface area contributed by atoms with Gasteiger partial charge >= 0.3 is 0 Å². The minimum absolute atomic E-state index is 0.123. The van der Waals surface area contributed by atoms with Gasteiger partial charge in [-0.15, -0.1) is 0 Å². The maximum absolute atomic E-state index is 8.69.